The molecule has 1 aromatic heterocycles. The van der Waals surface area contributed by atoms with Gasteiger partial charge in [-0.15, -0.1) is 10.2 Å². The van der Waals surface area contributed by atoms with Gasteiger partial charge in [0.25, 0.3) is 0 Å². The normalized spacial score (nSPS) is 10.1. The van der Waals surface area contributed by atoms with Gasteiger partial charge < -0.3 is 10.1 Å². The van der Waals surface area contributed by atoms with Crippen molar-refractivity contribution in [2.75, 3.05) is 11.9 Å². The minimum absolute atomic E-state index is 0.0870. The highest BCUT2D eigenvalue weighted by atomic mass is 16.5. The van der Waals surface area contributed by atoms with Gasteiger partial charge in [0.15, 0.2) is 5.82 Å². The highest BCUT2D eigenvalue weighted by molar-refractivity contribution is 5.91. The lowest BCUT2D eigenvalue weighted by atomic mass is 10.3. The molecule has 2 N–H and O–H groups in total. The Morgan fingerprint density at radius 3 is 2.78 bits per heavy atom. The van der Waals surface area contributed by atoms with E-state index < -0.39 is 0 Å². The summed E-state index contributed by atoms with van der Waals surface area (Å²) in [6, 6.07) is 7.15. The van der Waals surface area contributed by atoms with E-state index in [4.69, 9.17) is 4.74 Å². The van der Waals surface area contributed by atoms with Crippen LogP contribution in [0.3, 0.4) is 0 Å². The quantitative estimate of drug-likeness (QED) is 0.814. The number of nitrogens with zero attached hydrogens (tertiary/aromatic N) is 3. The lowest BCUT2D eigenvalue weighted by Crippen LogP contribution is -2.15. The molecule has 1 amide bonds. The first-order chi connectivity index (χ1) is 8.78. The third-order valence-electron chi connectivity index (χ3n) is 2.16. The molecule has 94 valence electrons. The molecule has 0 aliphatic carbocycles. The summed E-state index contributed by atoms with van der Waals surface area (Å²) in [6.45, 7) is 2.53. The Bertz CT molecular complexity index is 495. The molecule has 0 atom stereocenters. The number of aromatic amines is 1. The maximum Gasteiger partial charge on any atom is 0.232 e. The largest absolute Gasteiger partial charge is 0.494 e. The van der Waals surface area contributed by atoms with E-state index in [2.05, 4.69) is 25.9 Å². The minimum Gasteiger partial charge on any atom is -0.494 e. The van der Waals surface area contributed by atoms with Crippen LogP contribution in [-0.4, -0.2) is 33.1 Å². The number of aromatic nitrogens is 4. The molecule has 18 heavy (non-hydrogen) atoms. The molecule has 0 aliphatic rings. The Morgan fingerprint density at radius 2 is 2.17 bits per heavy atom. The monoisotopic (exact) mass is 247 g/mol. The number of amides is 1. The van der Waals surface area contributed by atoms with Crippen molar-refractivity contribution < 1.29 is 9.53 Å². The van der Waals surface area contributed by atoms with Crippen molar-refractivity contribution in [3.05, 3.63) is 30.1 Å². The van der Waals surface area contributed by atoms with Crippen LogP contribution < -0.4 is 10.1 Å². The van der Waals surface area contributed by atoms with Gasteiger partial charge in [0, 0.05) is 5.69 Å². The molecule has 1 aromatic carbocycles. The molecule has 7 heteroatoms. The van der Waals surface area contributed by atoms with E-state index in [9.17, 15) is 4.79 Å². The second kappa shape index (κ2) is 5.76. The lowest BCUT2D eigenvalue weighted by Gasteiger charge is -2.06. The van der Waals surface area contributed by atoms with Crippen LogP contribution in [0.1, 0.15) is 12.7 Å². The molecule has 0 radical (unpaired) electrons. The fraction of sp³-hybridized carbons (Fsp3) is 0.273. The van der Waals surface area contributed by atoms with Gasteiger partial charge in [-0.2, -0.15) is 5.21 Å². The van der Waals surface area contributed by atoms with E-state index in [1.54, 1.807) is 24.3 Å². The van der Waals surface area contributed by atoms with Gasteiger partial charge in [0.05, 0.1) is 13.0 Å². The summed E-state index contributed by atoms with van der Waals surface area (Å²) in [4.78, 5) is 11.6. The molecule has 0 saturated carbocycles. The number of rotatable bonds is 5. The number of tetrazole rings is 1. The average Bonchev–Trinajstić information content (AvgIpc) is 2.84. The molecule has 0 unspecified atom stereocenters. The van der Waals surface area contributed by atoms with Crippen molar-refractivity contribution in [1.82, 2.24) is 20.6 Å². The van der Waals surface area contributed by atoms with E-state index in [1.165, 1.54) is 0 Å². The van der Waals surface area contributed by atoms with Crippen LogP contribution in [0.4, 0.5) is 5.69 Å². The van der Waals surface area contributed by atoms with Crippen LogP contribution in [0.15, 0.2) is 24.3 Å². The number of nitrogens with one attached hydrogen (secondary N) is 2. The van der Waals surface area contributed by atoms with Gasteiger partial charge >= 0.3 is 0 Å². The summed E-state index contributed by atoms with van der Waals surface area (Å²) < 4.78 is 5.31. The van der Waals surface area contributed by atoms with Crippen LogP contribution in [0.2, 0.25) is 0 Å². The molecule has 0 fully saturated rings. The van der Waals surface area contributed by atoms with E-state index in [0.29, 0.717) is 18.1 Å². The highest BCUT2D eigenvalue weighted by Crippen LogP contribution is 2.15. The molecule has 0 aliphatic heterocycles. The fourth-order valence-corrected chi connectivity index (χ4v) is 1.41. The number of carbonyl (C=O) groups excluding carboxylic acids is 1. The average molecular weight is 247 g/mol. The zero-order valence-corrected chi connectivity index (χ0v) is 9.88. The van der Waals surface area contributed by atoms with Crippen molar-refractivity contribution in [3.8, 4) is 5.75 Å². The summed E-state index contributed by atoms with van der Waals surface area (Å²) in [5.41, 5.74) is 0.701. The van der Waals surface area contributed by atoms with E-state index >= 15 is 0 Å². The van der Waals surface area contributed by atoms with Crippen molar-refractivity contribution in [2.45, 2.75) is 13.3 Å². The standard InChI is InChI=1S/C11H13N5O2/c1-2-18-9-5-3-8(4-6-9)12-11(17)7-10-13-15-16-14-10/h3-6H,2,7H2,1H3,(H,12,17)(H,13,14,15,16). The van der Waals surface area contributed by atoms with Crippen molar-refractivity contribution in [1.29, 1.82) is 0 Å². The summed E-state index contributed by atoms with van der Waals surface area (Å²) in [5.74, 6) is 0.938. The minimum atomic E-state index is -0.194. The second-order valence-electron chi connectivity index (χ2n) is 3.51. The maximum absolute atomic E-state index is 11.6. The molecule has 2 aromatic rings. The number of benzene rings is 1. The van der Waals surface area contributed by atoms with Crippen LogP contribution in [0.5, 0.6) is 5.75 Å². The topological polar surface area (TPSA) is 92.8 Å². The fourth-order valence-electron chi connectivity index (χ4n) is 1.41. The number of ether oxygens (including phenoxy) is 1. The highest BCUT2D eigenvalue weighted by Gasteiger charge is 2.07. The van der Waals surface area contributed by atoms with Gasteiger partial charge in [-0.1, -0.05) is 5.21 Å². The van der Waals surface area contributed by atoms with Gasteiger partial charge in [-0.25, -0.2) is 0 Å². The summed E-state index contributed by atoms with van der Waals surface area (Å²) in [5, 5.41) is 15.8. The maximum atomic E-state index is 11.6. The molecule has 0 spiro atoms. The first-order valence-corrected chi connectivity index (χ1v) is 5.53. The molecule has 2 rings (SSSR count). The van der Waals surface area contributed by atoms with Gasteiger partial charge in [0.2, 0.25) is 5.91 Å². The summed E-state index contributed by atoms with van der Waals surface area (Å²) in [7, 11) is 0. The molecule has 0 bridgehead atoms. The number of carbonyl (C=O) groups is 1. The number of hydrogen-bond acceptors (Lipinski definition) is 5. The molecule has 0 saturated heterocycles. The number of H-pyrrole nitrogens is 1. The van der Waals surface area contributed by atoms with Crippen LogP contribution in [0.25, 0.3) is 0 Å². The third kappa shape index (κ3) is 3.27. The Morgan fingerprint density at radius 1 is 1.39 bits per heavy atom. The zero-order chi connectivity index (χ0) is 12.8. The first kappa shape index (κ1) is 12.0. The van der Waals surface area contributed by atoms with Gasteiger partial charge in [-0.05, 0) is 31.2 Å². The Balaban J connectivity index is 1.90. The predicted molar refractivity (Wildman–Crippen MR) is 64.1 cm³/mol. The van der Waals surface area contributed by atoms with Gasteiger partial charge in [0.1, 0.15) is 5.75 Å². The Labute approximate surface area is 104 Å². The molecule has 1 heterocycles. The third-order valence-corrected chi connectivity index (χ3v) is 2.16. The van der Waals surface area contributed by atoms with Crippen molar-refractivity contribution in [3.63, 3.8) is 0 Å². The Kier molecular flexibility index (Phi) is 3.85. The predicted octanol–water partition coefficient (Wildman–Crippen LogP) is 0.780. The van der Waals surface area contributed by atoms with Crippen molar-refractivity contribution >= 4 is 11.6 Å². The van der Waals surface area contributed by atoms with Crippen molar-refractivity contribution in [2.24, 2.45) is 0 Å². The SMILES string of the molecule is CCOc1ccc(NC(=O)Cc2nn[nH]n2)cc1. The van der Waals surface area contributed by atoms with Crippen LogP contribution >= 0.6 is 0 Å². The second-order valence-corrected chi connectivity index (χ2v) is 3.51. The lowest BCUT2D eigenvalue weighted by molar-refractivity contribution is -0.115. The number of anilines is 1. The van der Waals surface area contributed by atoms with Crippen LogP contribution in [0, 0.1) is 0 Å². The molecular weight excluding hydrogens is 234 g/mol. The first-order valence-electron chi connectivity index (χ1n) is 5.53. The van der Waals surface area contributed by atoms with E-state index in [0.717, 1.165) is 5.75 Å². The smallest absolute Gasteiger partial charge is 0.232 e. The molecule has 7 nitrogen and oxygen atoms in total. The number of hydrogen-bond donors (Lipinski definition) is 2. The Hall–Kier alpha value is -2.44. The summed E-state index contributed by atoms with van der Waals surface area (Å²) in [6.07, 6.45) is 0.0870. The van der Waals surface area contributed by atoms with E-state index in [-0.39, 0.29) is 12.3 Å². The van der Waals surface area contributed by atoms with Gasteiger partial charge in [-0.3, -0.25) is 4.79 Å². The van der Waals surface area contributed by atoms with E-state index in [1.807, 2.05) is 6.92 Å². The molecular formula is C11H13N5O2. The van der Waals surface area contributed by atoms with Crippen LogP contribution in [-0.2, 0) is 11.2 Å². The summed E-state index contributed by atoms with van der Waals surface area (Å²) >= 11 is 0. The zero-order valence-electron chi connectivity index (χ0n) is 9.88.